The highest BCUT2D eigenvalue weighted by atomic mass is 16.5. The molecule has 1 atom stereocenters. The number of hydrogen-bond acceptors (Lipinski definition) is 8. The van der Waals surface area contributed by atoms with Crippen LogP contribution < -0.4 is 29.0 Å². The lowest BCUT2D eigenvalue weighted by Crippen LogP contribution is -2.38. The number of ether oxygens (including phenoxy) is 3. The molecule has 210 valence electrons. The number of para-hydroxylation sites is 2. The molecule has 0 saturated carbocycles. The average molecular weight is 551 g/mol. The Labute approximate surface area is 241 Å². The molecule has 1 heterocycles. The van der Waals surface area contributed by atoms with Crippen molar-refractivity contribution in [3.8, 4) is 17.2 Å². The van der Waals surface area contributed by atoms with Crippen molar-refractivity contribution in [1.29, 1.82) is 0 Å². The molecule has 8 heteroatoms. The van der Waals surface area contributed by atoms with Crippen LogP contribution in [0.2, 0.25) is 0 Å². The van der Waals surface area contributed by atoms with Gasteiger partial charge in [-0.05, 0) is 60.2 Å². The summed E-state index contributed by atoms with van der Waals surface area (Å²) in [5.74, 6) is 2.13. The van der Waals surface area contributed by atoms with Crippen molar-refractivity contribution in [2.75, 3.05) is 43.1 Å². The molecule has 1 unspecified atom stereocenters. The van der Waals surface area contributed by atoms with Gasteiger partial charge in [-0.1, -0.05) is 42.5 Å². The summed E-state index contributed by atoms with van der Waals surface area (Å²) in [6, 6.07) is 31.4. The first-order valence-corrected chi connectivity index (χ1v) is 13.3. The minimum absolute atomic E-state index is 0.145. The van der Waals surface area contributed by atoms with Gasteiger partial charge in [0.05, 0.1) is 19.9 Å². The minimum Gasteiger partial charge on any atom is -0.497 e. The lowest BCUT2D eigenvalue weighted by atomic mass is 10.1. The molecule has 4 aromatic carbocycles. The van der Waals surface area contributed by atoms with E-state index in [1.807, 2.05) is 126 Å². The molecule has 0 aromatic heterocycles. The number of anilines is 3. The Kier molecular flexibility index (Phi) is 8.10. The Hall–Kier alpha value is -4.98. The first-order chi connectivity index (χ1) is 19.9. The lowest BCUT2D eigenvalue weighted by Gasteiger charge is -2.33. The van der Waals surface area contributed by atoms with Crippen molar-refractivity contribution >= 4 is 28.7 Å². The summed E-state index contributed by atoms with van der Waals surface area (Å²) in [5, 5.41) is 6.74. The van der Waals surface area contributed by atoms with Crippen molar-refractivity contribution in [2.24, 2.45) is 5.10 Å². The van der Waals surface area contributed by atoms with Gasteiger partial charge in [0, 0.05) is 38.0 Å². The lowest BCUT2D eigenvalue weighted by molar-refractivity contribution is -0.111. The van der Waals surface area contributed by atoms with Gasteiger partial charge in [-0.25, -0.2) is 5.01 Å². The van der Waals surface area contributed by atoms with Gasteiger partial charge in [0.15, 0.2) is 29.3 Å². The van der Waals surface area contributed by atoms with E-state index >= 15 is 0 Å². The Balaban J connectivity index is 1.63. The van der Waals surface area contributed by atoms with Gasteiger partial charge in [-0.15, -0.1) is 5.10 Å². The van der Waals surface area contributed by atoms with Gasteiger partial charge < -0.3 is 19.1 Å². The van der Waals surface area contributed by atoms with Gasteiger partial charge in [0.25, 0.3) is 0 Å². The van der Waals surface area contributed by atoms with Crippen LogP contribution >= 0.6 is 0 Å². The van der Waals surface area contributed by atoms with Crippen LogP contribution in [0.15, 0.2) is 102 Å². The van der Waals surface area contributed by atoms with Gasteiger partial charge in [0.1, 0.15) is 12.4 Å². The summed E-state index contributed by atoms with van der Waals surface area (Å²) in [5.41, 5.74) is 4.50. The molecule has 0 spiro atoms. The molecule has 1 aliphatic rings. The maximum absolute atomic E-state index is 13.1. The van der Waals surface area contributed by atoms with E-state index in [0.717, 1.165) is 33.9 Å². The van der Waals surface area contributed by atoms with Crippen LogP contribution in [-0.4, -0.2) is 39.9 Å². The number of methoxy groups -OCH3 is 2. The molecule has 8 nitrogen and oxygen atoms in total. The zero-order chi connectivity index (χ0) is 28.9. The van der Waals surface area contributed by atoms with E-state index in [9.17, 15) is 4.79 Å². The van der Waals surface area contributed by atoms with Gasteiger partial charge >= 0.3 is 0 Å². The molecule has 4 aromatic rings. The number of hydrogen-bond donors (Lipinski definition) is 0. The molecular formula is C33H34N4O4. The van der Waals surface area contributed by atoms with E-state index in [1.54, 1.807) is 14.2 Å². The third-order valence-electron chi connectivity index (χ3n) is 6.94. The first kappa shape index (κ1) is 27.6. The fourth-order valence-electron chi connectivity index (χ4n) is 4.82. The fourth-order valence-corrected chi connectivity index (χ4v) is 4.82. The van der Waals surface area contributed by atoms with Gasteiger partial charge in [-0.2, -0.15) is 0 Å². The molecule has 0 saturated heterocycles. The summed E-state index contributed by atoms with van der Waals surface area (Å²) in [6.07, 6.45) is -0.525. The van der Waals surface area contributed by atoms with Crippen LogP contribution in [-0.2, 0) is 11.4 Å². The van der Waals surface area contributed by atoms with E-state index in [-0.39, 0.29) is 5.78 Å². The molecule has 0 bridgehead atoms. The van der Waals surface area contributed by atoms with Gasteiger partial charge in [0.2, 0.25) is 0 Å². The quantitative estimate of drug-likeness (QED) is 0.230. The van der Waals surface area contributed by atoms with Crippen molar-refractivity contribution < 1.29 is 19.0 Å². The average Bonchev–Trinajstić information content (AvgIpc) is 3.41. The molecule has 0 amide bonds. The summed E-state index contributed by atoms with van der Waals surface area (Å²) >= 11 is 0. The third-order valence-corrected chi connectivity index (χ3v) is 6.94. The predicted molar refractivity (Wildman–Crippen MR) is 163 cm³/mol. The SMILES string of the molecule is COc1ccc(COc2c(OC)cccc2C2N(c3ccccc3)N=C(C(C)=O)N2c2ccc(N(C)C)cc2)cc1. The van der Waals surface area contributed by atoms with Crippen LogP contribution in [0, 0.1) is 0 Å². The molecule has 0 radical (unpaired) electrons. The fraction of sp³-hybridized carbons (Fsp3) is 0.212. The first-order valence-electron chi connectivity index (χ1n) is 13.3. The number of carbonyl (C=O) groups is 1. The number of benzene rings is 4. The summed E-state index contributed by atoms with van der Waals surface area (Å²) in [7, 11) is 7.26. The highest BCUT2D eigenvalue weighted by Crippen LogP contribution is 2.45. The van der Waals surface area contributed by atoms with Crippen molar-refractivity contribution in [2.45, 2.75) is 19.7 Å². The molecule has 0 aliphatic carbocycles. The van der Waals surface area contributed by atoms with Crippen molar-refractivity contribution in [3.63, 3.8) is 0 Å². The molecule has 0 fully saturated rings. The summed E-state index contributed by atoms with van der Waals surface area (Å²) in [4.78, 5) is 17.1. The Morgan fingerprint density at radius 3 is 2.15 bits per heavy atom. The van der Waals surface area contributed by atoms with Crippen LogP contribution in [0.4, 0.5) is 17.1 Å². The second kappa shape index (κ2) is 12.0. The summed E-state index contributed by atoms with van der Waals surface area (Å²) in [6.45, 7) is 1.85. The van der Waals surface area contributed by atoms with E-state index in [2.05, 4.69) is 0 Å². The molecular weight excluding hydrogens is 516 g/mol. The minimum atomic E-state index is -0.525. The van der Waals surface area contributed by atoms with E-state index in [4.69, 9.17) is 19.3 Å². The number of amidine groups is 1. The number of Topliss-reactive ketones (excluding diaryl/α,β-unsaturated/α-hetero) is 1. The Bertz CT molecular complexity index is 1520. The normalized spacial score (nSPS) is 14.5. The van der Waals surface area contributed by atoms with E-state index in [1.165, 1.54) is 6.92 Å². The summed E-state index contributed by atoms with van der Waals surface area (Å²) < 4.78 is 17.6. The second-order valence-electron chi connectivity index (χ2n) is 9.83. The van der Waals surface area contributed by atoms with Crippen molar-refractivity contribution in [1.82, 2.24) is 0 Å². The van der Waals surface area contributed by atoms with Crippen LogP contribution in [0.5, 0.6) is 17.2 Å². The molecule has 5 rings (SSSR count). The number of rotatable bonds is 10. The van der Waals surface area contributed by atoms with Crippen molar-refractivity contribution in [3.05, 3.63) is 108 Å². The second-order valence-corrected chi connectivity index (χ2v) is 9.83. The third kappa shape index (κ3) is 5.68. The predicted octanol–water partition coefficient (Wildman–Crippen LogP) is 6.28. The van der Waals surface area contributed by atoms with E-state index < -0.39 is 6.17 Å². The number of hydrazone groups is 1. The maximum Gasteiger partial charge on any atom is 0.198 e. The zero-order valence-electron chi connectivity index (χ0n) is 23.9. The highest BCUT2D eigenvalue weighted by molar-refractivity contribution is 6.44. The zero-order valence-corrected chi connectivity index (χ0v) is 23.9. The highest BCUT2D eigenvalue weighted by Gasteiger charge is 2.41. The van der Waals surface area contributed by atoms with Crippen LogP contribution in [0.3, 0.4) is 0 Å². The number of nitrogens with zero attached hydrogens (tertiary/aromatic N) is 4. The van der Waals surface area contributed by atoms with Gasteiger partial charge in [-0.3, -0.25) is 9.69 Å². The molecule has 41 heavy (non-hydrogen) atoms. The molecule has 1 aliphatic heterocycles. The van der Waals surface area contributed by atoms with Crippen LogP contribution in [0.1, 0.15) is 24.2 Å². The topological polar surface area (TPSA) is 66.8 Å². The smallest absolute Gasteiger partial charge is 0.198 e. The Morgan fingerprint density at radius 2 is 1.54 bits per heavy atom. The molecule has 0 N–H and O–H groups in total. The largest absolute Gasteiger partial charge is 0.497 e. The van der Waals surface area contributed by atoms with Crippen LogP contribution in [0.25, 0.3) is 0 Å². The van der Waals surface area contributed by atoms with E-state index in [0.29, 0.717) is 23.9 Å². The number of carbonyl (C=O) groups excluding carboxylic acids is 1. The Morgan fingerprint density at radius 1 is 0.829 bits per heavy atom. The monoisotopic (exact) mass is 550 g/mol. The maximum atomic E-state index is 13.1. The standard InChI is InChI=1S/C33H34N4O4/c1-23(38)32-34-37(27-10-7-6-8-11-27)33(36(32)26-18-16-25(17-19-26)35(2)3)29-12-9-13-30(40-5)31(29)41-22-24-14-20-28(39-4)21-15-24/h6-21,33H,22H2,1-5H3. The number of ketones is 1.